The monoisotopic (exact) mass is 460 g/mol. The van der Waals surface area contributed by atoms with Gasteiger partial charge in [-0.2, -0.15) is 0 Å². The number of carboxylic acid groups (broad SMARTS) is 1. The van der Waals surface area contributed by atoms with Gasteiger partial charge in [-0.25, -0.2) is 9.78 Å². The van der Waals surface area contributed by atoms with Crippen LogP contribution in [0.5, 0.6) is 0 Å². The lowest BCUT2D eigenvalue weighted by Gasteiger charge is -2.18. The molecule has 4 rings (SSSR count). The molecule has 0 aliphatic heterocycles. The maximum atomic E-state index is 12.9. The fraction of sp³-hybridized carbons (Fsp3) is 0.350. The number of nitrogens with zero attached hydrogens (tertiary/aromatic N) is 2. The minimum absolute atomic E-state index is 0.0192. The zero-order chi connectivity index (χ0) is 22.4. The van der Waals surface area contributed by atoms with Crippen LogP contribution in [-0.2, 0) is 24.2 Å². The Morgan fingerprint density at radius 2 is 2.13 bits per heavy atom. The first-order chi connectivity index (χ1) is 14.7. The van der Waals surface area contributed by atoms with Gasteiger partial charge in [0.1, 0.15) is 22.2 Å². The number of carbonyl (C=O) groups is 3. The lowest BCUT2D eigenvalue weighted by Crippen LogP contribution is -2.30. The highest BCUT2D eigenvalue weighted by Crippen LogP contribution is 2.39. The molecule has 0 fully saturated rings. The van der Waals surface area contributed by atoms with Gasteiger partial charge in [0, 0.05) is 10.3 Å². The number of amides is 2. The second-order valence-corrected chi connectivity index (χ2v) is 9.62. The fourth-order valence-electron chi connectivity index (χ4n) is 3.88. The summed E-state index contributed by atoms with van der Waals surface area (Å²) in [5.41, 5.74) is 6.09. The summed E-state index contributed by atoms with van der Waals surface area (Å²) < 4.78 is 1.14. The lowest BCUT2D eigenvalue weighted by atomic mass is 9.88. The predicted molar refractivity (Wildman–Crippen MR) is 118 cm³/mol. The van der Waals surface area contributed by atoms with Crippen LogP contribution >= 0.6 is 22.7 Å². The van der Waals surface area contributed by atoms with Crippen molar-refractivity contribution in [1.82, 2.24) is 9.55 Å². The smallest absolute Gasteiger partial charge is 0.337 e. The van der Waals surface area contributed by atoms with Gasteiger partial charge in [-0.3, -0.25) is 19.0 Å². The molecule has 3 aromatic heterocycles. The topological polar surface area (TPSA) is 144 Å². The van der Waals surface area contributed by atoms with Crippen LogP contribution in [0.1, 0.15) is 50.3 Å². The number of anilines is 1. The summed E-state index contributed by atoms with van der Waals surface area (Å²) in [4.78, 5) is 54.8. The molecule has 1 aliphatic carbocycles. The average molecular weight is 461 g/mol. The van der Waals surface area contributed by atoms with E-state index < -0.39 is 23.3 Å². The number of aromatic nitrogens is 2. The Morgan fingerprint density at radius 3 is 2.81 bits per heavy atom. The van der Waals surface area contributed by atoms with Gasteiger partial charge in [-0.15, -0.1) is 22.7 Å². The summed E-state index contributed by atoms with van der Waals surface area (Å²) >= 11 is 2.41. The third kappa shape index (κ3) is 3.74. The van der Waals surface area contributed by atoms with Gasteiger partial charge >= 0.3 is 5.97 Å². The number of carbonyl (C=O) groups excluding carboxylic acids is 2. The van der Waals surface area contributed by atoms with Gasteiger partial charge in [-0.1, -0.05) is 6.92 Å². The average Bonchev–Trinajstić information content (AvgIpc) is 3.25. The molecule has 0 radical (unpaired) electrons. The van der Waals surface area contributed by atoms with Crippen molar-refractivity contribution in [3.63, 3.8) is 0 Å². The number of rotatable bonds is 5. The van der Waals surface area contributed by atoms with E-state index in [0.717, 1.165) is 45.6 Å². The minimum Gasteiger partial charge on any atom is -0.478 e. The van der Waals surface area contributed by atoms with Gasteiger partial charge < -0.3 is 16.2 Å². The third-order valence-corrected chi connectivity index (χ3v) is 7.47. The van der Waals surface area contributed by atoms with Crippen LogP contribution in [-0.4, -0.2) is 32.4 Å². The van der Waals surface area contributed by atoms with Crippen molar-refractivity contribution in [2.24, 2.45) is 11.7 Å². The van der Waals surface area contributed by atoms with Crippen molar-refractivity contribution in [1.29, 1.82) is 0 Å². The number of nitrogens with one attached hydrogen (secondary N) is 1. The second kappa shape index (κ2) is 7.89. The molecular weight excluding hydrogens is 440 g/mol. The second-order valence-electron chi connectivity index (χ2n) is 7.65. The van der Waals surface area contributed by atoms with Gasteiger partial charge in [0.2, 0.25) is 5.91 Å². The van der Waals surface area contributed by atoms with Gasteiger partial charge in [0.25, 0.3) is 11.5 Å². The molecule has 4 N–H and O–H groups in total. The van der Waals surface area contributed by atoms with E-state index in [-0.39, 0.29) is 17.5 Å². The molecule has 1 unspecified atom stereocenters. The Labute approximate surface area is 184 Å². The Bertz CT molecular complexity index is 1300. The number of fused-ring (bicyclic) bond motifs is 2. The molecule has 3 heterocycles. The largest absolute Gasteiger partial charge is 0.478 e. The van der Waals surface area contributed by atoms with Gasteiger partial charge in [-0.05, 0) is 37.7 Å². The first kappa shape index (κ1) is 21.2. The fourth-order valence-corrected chi connectivity index (χ4v) is 6.26. The number of primary amides is 1. The van der Waals surface area contributed by atoms with Crippen molar-refractivity contribution in [2.45, 2.75) is 39.7 Å². The van der Waals surface area contributed by atoms with Crippen molar-refractivity contribution >= 4 is 55.7 Å². The number of hydrogen-bond donors (Lipinski definition) is 3. The molecule has 0 spiro atoms. The Kier molecular flexibility index (Phi) is 5.40. The van der Waals surface area contributed by atoms with Crippen LogP contribution in [0.4, 0.5) is 5.00 Å². The molecule has 0 saturated heterocycles. The molecule has 0 aromatic carbocycles. The van der Waals surface area contributed by atoms with Gasteiger partial charge in [0.05, 0.1) is 16.5 Å². The summed E-state index contributed by atoms with van der Waals surface area (Å²) in [6, 6.07) is 0. The Hall–Kier alpha value is -3.05. The Morgan fingerprint density at radius 1 is 1.39 bits per heavy atom. The summed E-state index contributed by atoms with van der Waals surface area (Å²) in [5.74, 6) is -1.56. The number of aromatic carboxylic acids is 1. The minimum atomic E-state index is -1.23. The van der Waals surface area contributed by atoms with Gasteiger partial charge in [0.15, 0.2) is 0 Å². The van der Waals surface area contributed by atoms with Crippen molar-refractivity contribution in [3.05, 3.63) is 43.1 Å². The lowest BCUT2D eigenvalue weighted by molar-refractivity contribution is -0.116. The molecule has 3 aromatic rings. The van der Waals surface area contributed by atoms with Crippen LogP contribution in [0.3, 0.4) is 0 Å². The number of nitrogens with two attached hydrogens (primary N) is 1. The van der Waals surface area contributed by atoms with E-state index in [2.05, 4.69) is 17.2 Å². The predicted octanol–water partition coefficient (Wildman–Crippen LogP) is 2.39. The zero-order valence-electron chi connectivity index (χ0n) is 16.9. The van der Waals surface area contributed by atoms with E-state index in [4.69, 9.17) is 5.73 Å². The zero-order valence-corrected chi connectivity index (χ0v) is 18.5. The Balaban J connectivity index is 1.67. The maximum absolute atomic E-state index is 12.9. The molecular formula is C20H20N4O5S2. The van der Waals surface area contributed by atoms with Crippen LogP contribution in [0.2, 0.25) is 0 Å². The van der Waals surface area contributed by atoms with E-state index in [9.17, 15) is 24.3 Å². The van der Waals surface area contributed by atoms with Crippen LogP contribution in [0.25, 0.3) is 10.2 Å². The number of hydrogen-bond acceptors (Lipinski definition) is 7. The van der Waals surface area contributed by atoms with E-state index in [1.165, 1.54) is 16.7 Å². The summed E-state index contributed by atoms with van der Waals surface area (Å²) in [7, 11) is 0. The summed E-state index contributed by atoms with van der Waals surface area (Å²) in [6.07, 6.45) is 2.51. The summed E-state index contributed by atoms with van der Waals surface area (Å²) in [5, 5.41) is 13.8. The molecule has 162 valence electrons. The van der Waals surface area contributed by atoms with E-state index in [0.29, 0.717) is 27.1 Å². The van der Waals surface area contributed by atoms with Crippen molar-refractivity contribution in [2.75, 3.05) is 5.32 Å². The standard InChI is InChI=1S/C20H20N4O5S2/c1-8-3-4-10-12(5-8)31-18(14(10)16(21)26)23-13(25)6-24-9(2)22-17-15(19(24)27)11(7-30-17)20(28)29/h7-8H,3-6H2,1-2H3,(H2,21,26)(H,23,25)(H,28,29). The normalized spacial score (nSPS) is 15.6. The molecule has 11 heteroatoms. The highest BCUT2D eigenvalue weighted by Gasteiger charge is 2.27. The quantitative estimate of drug-likeness (QED) is 0.533. The van der Waals surface area contributed by atoms with Crippen LogP contribution in [0, 0.1) is 12.8 Å². The molecule has 2 amide bonds. The number of carboxylic acids is 1. The maximum Gasteiger partial charge on any atom is 0.337 e. The molecule has 31 heavy (non-hydrogen) atoms. The highest BCUT2D eigenvalue weighted by atomic mass is 32.1. The first-order valence-corrected chi connectivity index (χ1v) is 11.3. The van der Waals surface area contributed by atoms with E-state index >= 15 is 0 Å². The van der Waals surface area contributed by atoms with E-state index in [1.807, 2.05) is 0 Å². The molecule has 0 saturated carbocycles. The van der Waals surface area contributed by atoms with Crippen LogP contribution < -0.4 is 16.6 Å². The SMILES string of the molecule is Cc1nc2scc(C(=O)O)c2c(=O)n1CC(=O)Nc1sc2c(c1C(N)=O)CCC(C)C2. The van der Waals surface area contributed by atoms with E-state index in [1.54, 1.807) is 6.92 Å². The molecule has 1 atom stereocenters. The summed E-state index contributed by atoms with van der Waals surface area (Å²) in [6.45, 7) is 3.35. The molecule has 9 nitrogen and oxygen atoms in total. The first-order valence-electron chi connectivity index (χ1n) is 9.63. The number of thiophene rings is 2. The molecule has 1 aliphatic rings. The van der Waals surface area contributed by atoms with Crippen LogP contribution in [0.15, 0.2) is 10.2 Å². The molecule has 0 bridgehead atoms. The number of aryl methyl sites for hydroxylation is 1. The third-order valence-electron chi connectivity index (χ3n) is 5.43. The van der Waals surface area contributed by atoms with Crippen molar-refractivity contribution in [3.8, 4) is 0 Å². The van der Waals surface area contributed by atoms with Crippen molar-refractivity contribution < 1.29 is 19.5 Å². The highest BCUT2D eigenvalue weighted by molar-refractivity contribution is 7.17.